The van der Waals surface area contributed by atoms with Gasteiger partial charge in [0.05, 0.1) is 17.3 Å². The summed E-state index contributed by atoms with van der Waals surface area (Å²) in [5.41, 5.74) is 11.7. The lowest BCUT2D eigenvalue weighted by Gasteiger charge is -2.27. The SMILES string of the molecule is CC(C)c1ccc(CCc2nc(N3CCC[C@H]3c3ccc(Cl)cc3)ncc2C(=O)N(CC(=O)O)Cc2ccc(N)cc2)cc1. The molecular weight excluding hydrogens is 574 g/mol. The standard InChI is InChI=1S/C35H38ClN5O3/c1-23(2)26-10-5-24(6-11-26)9-18-31-30(34(44)40(22-33(42)43)21-25-7-16-29(37)17-8-25)20-38-35(39-31)41-19-3-4-32(41)27-12-14-28(36)15-13-27/h5-8,10-17,20,23,32H,3-4,9,18-19,21-22,37H2,1-2H3,(H,42,43)/t32-/m0/s1. The number of hydrogen-bond donors (Lipinski definition) is 2. The van der Waals surface area contributed by atoms with Crippen LogP contribution >= 0.6 is 11.6 Å². The average molecular weight is 612 g/mol. The second-order valence-electron chi connectivity index (χ2n) is 11.6. The van der Waals surface area contributed by atoms with E-state index in [9.17, 15) is 14.7 Å². The van der Waals surface area contributed by atoms with E-state index in [0.717, 1.165) is 36.1 Å². The van der Waals surface area contributed by atoms with Gasteiger partial charge in [-0.3, -0.25) is 9.59 Å². The fraction of sp³-hybridized carbons (Fsp3) is 0.314. The molecule has 3 N–H and O–H groups in total. The number of nitrogen functional groups attached to an aromatic ring is 1. The van der Waals surface area contributed by atoms with Crippen LogP contribution in [0.5, 0.6) is 0 Å². The monoisotopic (exact) mass is 611 g/mol. The molecule has 1 fully saturated rings. The molecule has 0 unspecified atom stereocenters. The van der Waals surface area contributed by atoms with E-state index >= 15 is 0 Å². The van der Waals surface area contributed by atoms with Gasteiger partial charge in [0.15, 0.2) is 0 Å². The molecule has 1 aromatic heterocycles. The fourth-order valence-electron chi connectivity index (χ4n) is 5.66. The van der Waals surface area contributed by atoms with Gasteiger partial charge in [0.25, 0.3) is 5.91 Å². The summed E-state index contributed by atoms with van der Waals surface area (Å²) >= 11 is 6.15. The number of carboxylic acid groups (broad SMARTS) is 1. The van der Waals surface area contributed by atoms with Crippen LogP contribution in [-0.4, -0.2) is 44.9 Å². The first-order chi connectivity index (χ1) is 21.2. The second-order valence-corrected chi connectivity index (χ2v) is 12.1. The minimum absolute atomic E-state index is 0.0965. The topological polar surface area (TPSA) is 113 Å². The number of aryl methyl sites for hydroxylation is 2. The molecule has 5 rings (SSSR count). The van der Waals surface area contributed by atoms with Gasteiger partial charge in [0, 0.05) is 30.0 Å². The molecule has 0 bridgehead atoms. The Morgan fingerprint density at radius 2 is 1.68 bits per heavy atom. The van der Waals surface area contributed by atoms with Gasteiger partial charge in [-0.25, -0.2) is 9.97 Å². The van der Waals surface area contributed by atoms with Crippen molar-refractivity contribution in [1.82, 2.24) is 14.9 Å². The number of aromatic nitrogens is 2. The highest BCUT2D eigenvalue weighted by molar-refractivity contribution is 6.30. The molecule has 228 valence electrons. The largest absolute Gasteiger partial charge is 0.480 e. The Morgan fingerprint density at radius 1 is 1.00 bits per heavy atom. The van der Waals surface area contributed by atoms with Crippen LogP contribution in [0.15, 0.2) is 79.0 Å². The zero-order chi connectivity index (χ0) is 31.2. The molecular formula is C35H38ClN5O3. The van der Waals surface area contributed by atoms with E-state index in [0.29, 0.717) is 46.7 Å². The van der Waals surface area contributed by atoms with Gasteiger partial charge in [0.2, 0.25) is 5.95 Å². The molecule has 1 amide bonds. The van der Waals surface area contributed by atoms with E-state index in [-0.39, 0.29) is 12.6 Å². The van der Waals surface area contributed by atoms with Crippen molar-refractivity contribution in [2.75, 3.05) is 23.7 Å². The summed E-state index contributed by atoms with van der Waals surface area (Å²) in [6, 6.07) is 23.5. The minimum atomic E-state index is -1.10. The summed E-state index contributed by atoms with van der Waals surface area (Å²) in [6.07, 6.45) is 4.68. The first-order valence-electron chi connectivity index (χ1n) is 15.0. The summed E-state index contributed by atoms with van der Waals surface area (Å²) in [4.78, 5) is 39.0. The molecule has 1 atom stereocenters. The predicted molar refractivity (Wildman–Crippen MR) is 174 cm³/mol. The number of carboxylic acids is 1. The normalized spacial score (nSPS) is 14.6. The highest BCUT2D eigenvalue weighted by atomic mass is 35.5. The molecule has 2 heterocycles. The zero-order valence-electron chi connectivity index (χ0n) is 25.1. The van der Waals surface area contributed by atoms with Gasteiger partial charge >= 0.3 is 5.97 Å². The highest BCUT2D eigenvalue weighted by Gasteiger charge is 2.30. The van der Waals surface area contributed by atoms with Crippen LogP contribution in [0.1, 0.15) is 77.0 Å². The number of nitrogens with zero attached hydrogens (tertiary/aromatic N) is 4. The van der Waals surface area contributed by atoms with Crippen molar-refractivity contribution in [2.45, 2.75) is 58.0 Å². The summed E-state index contributed by atoms with van der Waals surface area (Å²) in [7, 11) is 0. The number of amides is 1. The van der Waals surface area contributed by atoms with E-state index in [4.69, 9.17) is 22.3 Å². The maximum absolute atomic E-state index is 14.0. The first-order valence-corrected chi connectivity index (χ1v) is 15.4. The number of rotatable bonds is 11. The molecule has 3 aromatic carbocycles. The minimum Gasteiger partial charge on any atom is -0.480 e. The zero-order valence-corrected chi connectivity index (χ0v) is 25.9. The summed E-state index contributed by atoms with van der Waals surface area (Å²) in [5, 5.41) is 10.4. The number of benzene rings is 3. The Balaban J connectivity index is 1.47. The van der Waals surface area contributed by atoms with Gasteiger partial charge in [-0.15, -0.1) is 0 Å². The van der Waals surface area contributed by atoms with Crippen LogP contribution in [0.4, 0.5) is 11.6 Å². The molecule has 4 aromatic rings. The van der Waals surface area contributed by atoms with E-state index in [1.807, 2.05) is 24.3 Å². The number of nitrogens with two attached hydrogens (primary N) is 1. The molecule has 44 heavy (non-hydrogen) atoms. The number of hydrogen-bond acceptors (Lipinski definition) is 6. The number of aliphatic carboxylic acids is 1. The third-order valence-electron chi connectivity index (χ3n) is 8.11. The maximum atomic E-state index is 14.0. The summed E-state index contributed by atoms with van der Waals surface area (Å²) < 4.78 is 0. The third kappa shape index (κ3) is 7.55. The van der Waals surface area contributed by atoms with Crippen molar-refractivity contribution < 1.29 is 14.7 Å². The maximum Gasteiger partial charge on any atom is 0.323 e. The summed E-state index contributed by atoms with van der Waals surface area (Å²) in [6.45, 7) is 4.79. The lowest BCUT2D eigenvalue weighted by molar-refractivity contribution is -0.137. The van der Waals surface area contributed by atoms with Gasteiger partial charge < -0.3 is 20.6 Å². The van der Waals surface area contributed by atoms with Crippen LogP contribution in [0, 0.1) is 0 Å². The van der Waals surface area contributed by atoms with Crippen molar-refractivity contribution in [2.24, 2.45) is 0 Å². The molecule has 1 aliphatic rings. The first kappa shape index (κ1) is 31.0. The van der Waals surface area contributed by atoms with Gasteiger partial charge in [-0.05, 0) is 78.1 Å². The summed E-state index contributed by atoms with van der Waals surface area (Å²) in [5.74, 6) is -0.516. The number of carbonyl (C=O) groups is 2. The van der Waals surface area contributed by atoms with E-state index in [2.05, 4.69) is 48.0 Å². The number of carbonyl (C=O) groups excluding carboxylic acids is 1. The molecule has 0 radical (unpaired) electrons. The Hall–Kier alpha value is -4.43. The van der Waals surface area contributed by atoms with Crippen molar-refractivity contribution in [3.63, 3.8) is 0 Å². The molecule has 1 aliphatic heterocycles. The van der Waals surface area contributed by atoms with Crippen molar-refractivity contribution in [3.8, 4) is 0 Å². The second kappa shape index (κ2) is 13.9. The van der Waals surface area contributed by atoms with Crippen LogP contribution < -0.4 is 10.6 Å². The van der Waals surface area contributed by atoms with E-state index < -0.39 is 18.4 Å². The van der Waals surface area contributed by atoms with Crippen molar-refractivity contribution in [1.29, 1.82) is 0 Å². The molecule has 0 saturated carbocycles. The third-order valence-corrected chi connectivity index (χ3v) is 8.37. The number of anilines is 2. The molecule has 0 aliphatic carbocycles. The molecule has 0 spiro atoms. The molecule has 9 heteroatoms. The van der Waals surface area contributed by atoms with Crippen LogP contribution in [-0.2, 0) is 24.2 Å². The Bertz CT molecular complexity index is 1590. The Morgan fingerprint density at radius 3 is 2.34 bits per heavy atom. The molecule has 8 nitrogen and oxygen atoms in total. The van der Waals surface area contributed by atoms with Gasteiger partial charge in [0.1, 0.15) is 6.54 Å². The average Bonchev–Trinajstić information content (AvgIpc) is 3.51. The lowest BCUT2D eigenvalue weighted by Crippen LogP contribution is -2.36. The Labute approximate surface area is 263 Å². The predicted octanol–water partition coefficient (Wildman–Crippen LogP) is 6.69. The lowest BCUT2D eigenvalue weighted by atomic mass is 9.99. The fourth-order valence-corrected chi connectivity index (χ4v) is 5.79. The van der Waals surface area contributed by atoms with Crippen LogP contribution in [0.2, 0.25) is 5.02 Å². The van der Waals surface area contributed by atoms with Crippen LogP contribution in [0.25, 0.3) is 0 Å². The van der Waals surface area contributed by atoms with Crippen molar-refractivity contribution >= 4 is 35.1 Å². The Kier molecular flexibility index (Phi) is 9.80. The van der Waals surface area contributed by atoms with Crippen molar-refractivity contribution in [3.05, 3.63) is 118 Å². The van der Waals surface area contributed by atoms with E-state index in [1.54, 1.807) is 30.5 Å². The number of halogens is 1. The van der Waals surface area contributed by atoms with Crippen LogP contribution in [0.3, 0.4) is 0 Å². The van der Waals surface area contributed by atoms with Gasteiger partial charge in [-0.1, -0.05) is 74.0 Å². The van der Waals surface area contributed by atoms with Gasteiger partial charge in [-0.2, -0.15) is 0 Å². The molecule has 1 saturated heterocycles. The smallest absolute Gasteiger partial charge is 0.323 e. The highest BCUT2D eigenvalue weighted by Crippen LogP contribution is 2.35. The van der Waals surface area contributed by atoms with E-state index in [1.165, 1.54) is 10.5 Å². The quantitative estimate of drug-likeness (QED) is 0.182.